The average Bonchev–Trinajstić information content (AvgIpc) is 3.35. The molecule has 0 radical (unpaired) electrons. The van der Waals surface area contributed by atoms with Gasteiger partial charge in [0.2, 0.25) is 0 Å². The minimum Gasteiger partial charge on any atom is -0.511 e. The second-order valence-corrected chi connectivity index (χ2v) is 9.78. The first-order chi connectivity index (χ1) is 18.4. The first kappa shape index (κ1) is 25.3. The molecule has 1 saturated carbocycles. The maximum atomic E-state index is 13.2. The summed E-state index contributed by atoms with van der Waals surface area (Å²) in [6.07, 6.45) is 1.71. The molecular formula is C30H28N2O6. The number of aliphatic hydroxyl groups excluding tert-OH is 1. The zero-order valence-electron chi connectivity index (χ0n) is 20.8. The van der Waals surface area contributed by atoms with E-state index in [1.54, 1.807) is 0 Å². The third-order valence-corrected chi connectivity index (χ3v) is 7.25. The Bertz CT molecular complexity index is 1420. The van der Waals surface area contributed by atoms with Gasteiger partial charge in [0.15, 0.2) is 11.6 Å². The Morgan fingerprint density at radius 3 is 2.11 bits per heavy atom. The summed E-state index contributed by atoms with van der Waals surface area (Å²) >= 11 is 0. The summed E-state index contributed by atoms with van der Waals surface area (Å²) in [5, 5.41) is 24.3. The fourth-order valence-corrected chi connectivity index (χ4v) is 5.42. The van der Waals surface area contributed by atoms with Gasteiger partial charge in [0.1, 0.15) is 18.1 Å². The Morgan fingerprint density at radius 1 is 0.868 bits per heavy atom. The van der Waals surface area contributed by atoms with E-state index in [2.05, 4.69) is 10.1 Å². The average molecular weight is 513 g/mol. The Labute approximate surface area is 219 Å². The van der Waals surface area contributed by atoms with E-state index in [9.17, 15) is 19.5 Å². The number of aromatic nitrogens is 1. The zero-order valence-corrected chi connectivity index (χ0v) is 20.8. The Balaban J connectivity index is 1.35. The number of aliphatic imine (C=N–C) groups is 1. The molecule has 0 bridgehead atoms. The van der Waals surface area contributed by atoms with Crippen molar-refractivity contribution in [1.82, 2.24) is 5.16 Å². The van der Waals surface area contributed by atoms with Crippen molar-refractivity contribution in [2.75, 3.05) is 6.54 Å². The summed E-state index contributed by atoms with van der Waals surface area (Å²) in [4.78, 5) is 41.5. The van der Waals surface area contributed by atoms with Gasteiger partial charge in [-0.3, -0.25) is 19.4 Å². The van der Waals surface area contributed by atoms with Gasteiger partial charge in [-0.15, -0.1) is 0 Å². The number of carboxylic acids is 1. The lowest BCUT2D eigenvalue weighted by molar-refractivity contribution is -0.135. The highest BCUT2D eigenvalue weighted by atomic mass is 16.5. The molecular weight excluding hydrogens is 484 g/mol. The van der Waals surface area contributed by atoms with Gasteiger partial charge in [0, 0.05) is 32.1 Å². The van der Waals surface area contributed by atoms with Crippen LogP contribution in [0.3, 0.4) is 0 Å². The van der Waals surface area contributed by atoms with E-state index in [4.69, 9.17) is 9.63 Å². The number of rotatable bonds is 7. The van der Waals surface area contributed by atoms with Crippen LogP contribution in [0.4, 0.5) is 0 Å². The molecule has 3 aromatic rings. The van der Waals surface area contributed by atoms with Crippen molar-refractivity contribution in [2.24, 2.45) is 4.99 Å². The molecule has 2 atom stereocenters. The molecule has 194 valence electrons. The highest BCUT2D eigenvalue weighted by Gasteiger charge is 2.34. The number of carboxylic acid groups (broad SMARTS) is 1. The number of nitrogens with zero attached hydrogens (tertiary/aromatic N) is 2. The molecule has 8 heteroatoms. The maximum Gasteiger partial charge on any atom is 0.325 e. The molecule has 2 aromatic carbocycles. The minimum absolute atomic E-state index is 0.0259. The molecule has 1 fully saturated rings. The van der Waals surface area contributed by atoms with E-state index in [-0.39, 0.29) is 54.0 Å². The van der Waals surface area contributed by atoms with Gasteiger partial charge in [-0.1, -0.05) is 65.8 Å². The molecule has 0 amide bonds. The topological polar surface area (TPSA) is 130 Å². The lowest BCUT2D eigenvalue weighted by atomic mass is 9.78. The number of carbonyl (C=O) groups excluding carboxylic acids is 2. The van der Waals surface area contributed by atoms with Gasteiger partial charge < -0.3 is 14.7 Å². The number of Topliss-reactive ketones (excluding diaryl/α,β-unsaturated/α-hetero) is 2. The van der Waals surface area contributed by atoms with Crippen LogP contribution in [-0.4, -0.2) is 45.2 Å². The van der Waals surface area contributed by atoms with Gasteiger partial charge in [0.25, 0.3) is 0 Å². The predicted molar refractivity (Wildman–Crippen MR) is 140 cm³/mol. The fraction of sp³-hybridized carbons (Fsp3) is 0.300. The molecule has 1 aromatic heterocycles. The quantitative estimate of drug-likeness (QED) is 0.336. The van der Waals surface area contributed by atoms with E-state index in [0.717, 1.165) is 11.1 Å². The van der Waals surface area contributed by atoms with Crippen molar-refractivity contribution in [3.63, 3.8) is 0 Å². The predicted octanol–water partition coefficient (Wildman–Crippen LogP) is 5.00. The van der Waals surface area contributed by atoms with Crippen molar-refractivity contribution < 1.29 is 29.1 Å². The van der Waals surface area contributed by atoms with Gasteiger partial charge in [-0.25, -0.2) is 0 Å². The molecule has 8 nitrogen and oxygen atoms in total. The maximum absolute atomic E-state index is 13.2. The van der Waals surface area contributed by atoms with E-state index < -0.39 is 12.5 Å². The minimum atomic E-state index is -1.12. The smallest absolute Gasteiger partial charge is 0.325 e. The number of aryl methyl sites for hydroxylation is 1. The molecule has 0 aliphatic heterocycles. The molecule has 2 aliphatic carbocycles. The van der Waals surface area contributed by atoms with Gasteiger partial charge in [0.05, 0.1) is 22.5 Å². The van der Waals surface area contributed by atoms with Crippen LogP contribution in [0, 0.1) is 0 Å². The largest absolute Gasteiger partial charge is 0.511 e. The molecule has 2 aliphatic rings. The number of allylic oxidation sites excluding steroid dienone is 2. The van der Waals surface area contributed by atoms with Crippen molar-refractivity contribution in [2.45, 2.75) is 50.4 Å². The molecule has 2 N–H and O–H groups in total. The standard InChI is InChI=1S/C30H28N2O6/c33-24(29-23(31-17-28(36)37)13-20(14-25(29)34)18-7-3-1-4-8-18)12-11-22-30-26(35)15-21(16-27(30)38-32-22)19-9-5-2-6-10-19/h1-10,20-21,33H,11-17H2,(H,36,37)/b29-24-,31-23?. The van der Waals surface area contributed by atoms with Crippen molar-refractivity contribution in [3.05, 3.63) is 100 Å². The summed E-state index contributed by atoms with van der Waals surface area (Å²) in [6.45, 7) is -0.491. The Hall–Kier alpha value is -4.33. The van der Waals surface area contributed by atoms with Crippen LogP contribution in [0.2, 0.25) is 0 Å². The van der Waals surface area contributed by atoms with Crippen LogP contribution < -0.4 is 0 Å². The third-order valence-electron chi connectivity index (χ3n) is 7.25. The second kappa shape index (κ2) is 11.0. The van der Waals surface area contributed by atoms with Gasteiger partial charge in [-0.05, 0) is 29.4 Å². The van der Waals surface area contributed by atoms with Crippen LogP contribution in [-0.2, 0) is 22.4 Å². The molecule has 5 rings (SSSR count). The van der Waals surface area contributed by atoms with Crippen molar-refractivity contribution in [3.8, 4) is 0 Å². The lowest BCUT2D eigenvalue weighted by Crippen LogP contribution is -2.27. The number of hydrogen-bond acceptors (Lipinski definition) is 7. The lowest BCUT2D eigenvalue weighted by Gasteiger charge is -2.26. The van der Waals surface area contributed by atoms with E-state index in [1.165, 1.54) is 0 Å². The SMILES string of the molecule is O=C(O)CN=C1CC(c2ccccc2)CC(=O)/C1=C(\O)CCc1noc2c1C(=O)CC(c1ccccc1)C2. The highest BCUT2D eigenvalue weighted by Crippen LogP contribution is 2.36. The normalized spacial score (nSPS) is 21.8. The van der Waals surface area contributed by atoms with Crippen LogP contribution in [0.1, 0.15) is 70.5 Å². The summed E-state index contributed by atoms with van der Waals surface area (Å²) in [5.41, 5.74) is 3.32. The third kappa shape index (κ3) is 5.34. The first-order valence-electron chi connectivity index (χ1n) is 12.7. The number of aliphatic carboxylic acids is 1. The van der Waals surface area contributed by atoms with Crippen molar-refractivity contribution in [1.29, 1.82) is 0 Å². The Kier molecular flexibility index (Phi) is 7.31. The second-order valence-electron chi connectivity index (χ2n) is 9.78. The zero-order chi connectivity index (χ0) is 26.6. The molecule has 0 saturated heterocycles. The van der Waals surface area contributed by atoms with Crippen LogP contribution >= 0.6 is 0 Å². The highest BCUT2D eigenvalue weighted by molar-refractivity contribution is 6.25. The van der Waals surface area contributed by atoms with E-state index >= 15 is 0 Å². The fourth-order valence-electron chi connectivity index (χ4n) is 5.42. The van der Waals surface area contributed by atoms with E-state index in [0.29, 0.717) is 42.0 Å². The van der Waals surface area contributed by atoms with Gasteiger partial charge in [-0.2, -0.15) is 0 Å². The summed E-state index contributed by atoms with van der Waals surface area (Å²) in [7, 11) is 0. The first-order valence-corrected chi connectivity index (χ1v) is 12.7. The number of benzene rings is 2. The number of fused-ring (bicyclic) bond motifs is 1. The number of ketones is 2. The summed E-state index contributed by atoms with van der Waals surface area (Å²) in [5.74, 6) is -1.20. The number of hydrogen-bond donors (Lipinski definition) is 2. The van der Waals surface area contributed by atoms with Crippen LogP contribution in [0.5, 0.6) is 0 Å². The molecule has 2 unspecified atom stereocenters. The summed E-state index contributed by atoms with van der Waals surface area (Å²) in [6, 6.07) is 19.3. The number of aliphatic hydroxyl groups is 1. The summed E-state index contributed by atoms with van der Waals surface area (Å²) < 4.78 is 5.53. The van der Waals surface area contributed by atoms with Gasteiger partial charge >= 0.3 is 5.97 Å². The number of carbonyl (C=O) groups is 3. The molecule has 1 heterocycles. The van der Waals surface area contributed by atoms with Crippen LogP contribution in [0.15, 0.2) is 81.5 Å². The van der Waals surface area contributed by atoms with Crippen LogP contribution in [0.25, 0.3) is 0 Å². The molecule has 0 spiro atoms. The molecule has 38 heavy (non-hydrogen) atoms. The van der Waals surface area contributed by atoms with E-state index in [1.807, 2.05) is 60.7 Å². The Morgan fingerprint density at radius 2 is 1.47 bits per heavy atom. The monoisotopic (exact) mass is 512 g/mol. The van der Waals surface area contributed by atoms with Crippen molar-refractivity contribution >= 4 is 23.2 Å².